The molecule has 4 heteroatoms. The Morgan fingerprint density at radius 1 is 0.852 bits per heavy atom. The first-order chi connectivity index (χ1) is 13.1. The summed E-state index contributed by atoms with van der Waals surface area (Å²) < 4.78 is 0. The fourth-order valence-electron chi connectivity index (χ4n) is 2.25. The summed E-state index contributed by atoms with van der Waals surface area (Å²) in [6, 6.07) is 26.5. The van der Waals surface area contributed by atoms with Crippen molar-refractivity contribution in [2.45, 2.75) is 23.6 Å². The van der Waals surface area contributed by atoms with Crippen LogP contribution in [-0.4, -0.2) is 5.04 Å². The molecule has 0 heterocycles. The van der Waals surface area contributed by atoms with Crippen molar-refractivity contribution in [3.63, 3.8) is 0 Å². The highest BCUT2D eigenvalue weighted by atomic mass is 35.5. The van der Waals surface area contributed by atoms with E-state index in [1.54, 1.807) is 23.5 Å². The molecule has 136 valence electrons. The van der Waals surface area contributed by atoms with Crippen LogP contribution in [0.5, 0.6) is 0 Å². The minimum absolute atomic E-state index is 0.751. The van der Waals surface area contributed by atoms with E-state index < -0.39 is 0 Å². The highest BCUT2D eigenvalue weighted by Gasteiger charge is 2.07. The molecule has 0 aliphatic heterocycles. The van der Waals surface area contributed by atoms with Crippen molar-refractivity contribution in [2.75, 3.05) is 0 Å². The molecule has 0 aliphatic rings. The standard InChI is InChI=1S/C23H20ClNS2/c1-17-8-12-20(13-9-17)25-23(27-22-6-4-3-5-7-22)18(2)16-26-21-14-10-19(24)11-15-21/h3-16H,1-2H3/b18-16+,25-23-. The Bertz CT molecular complexity index is 930. The second-order valence-corrected chi connectivity index (χ2v) is 8.48. The van der Waals surface area contributed by atoms with Crippen molar-refractivity contribution < 1.29 is 0 Å². The lowest BCUT2D eigenvalue weighted by atomic mass is 10.2. The van der Waals surface area contributed by atoms with Gasteiger partial charge in [0.1, 0.15) is 5.04 Å². The zero-order valence-electron chi connectivity index (χ0n) is 15.2. The van der Waals surface area contributed by atoms with Crippen molar-refractivity contribution in [1.82, 2.24) is 0 Å². The van der Waals surface area contributed by atoms with Gasteiger partial charge in [-0.15, -0.1) is 0 Å². The fourth-order valence-corrected chi connectivity index (χ4v) is 4.05. The number of halogens is 1. The van der Waals surface area contributed by atoms with Gasteiger partial charge < -0.3 is 0 Å². The van der Waals surface area contributed by atoms with Crippen LogP contribution in [0.15, 0.2) is 105 Å². The average molecular weight is 410 g/mol. The van der Waals surface area contributed by atoms with Gasteiger partial charge in [0.2, 0.25) is 0 Å². The molecule has 27 heavy (non-hydrogen) atoms. The maximum atomic E-state index is 5.97. The van der Waals surface area contributed by atoms with Gasteiger partial charge in [0.05, 0.1) is 5.69 Å². The van der Waals surface area contributed by atoms with Crippen molar-refractivity contribution in [1.29, 1.82) is 0 Å². The van der Waals surface area contributed by atoms with Crippen LogP contribution in [0, 0.1) is 6.92 Å². The molecule has 3 aromatic rings. The molecule has 0 aromatic heterocycles. The summed E-state index contributed by atoms with van der Waals surface area (Å²) in [5, 5.41) is 3.89. The van der Waals surface area contributed by atoms with Gasteiger partial charge in [0.25, 0.3) is 0 Å². The second-order valence-electron chi connectivity index (χ2n) is 6.04. The van der Waals surface area contributed by atoms with Gasteiger partial charge in [-0.2, -0.15) is 0 Å². The highest BCUT2D eigenvalue weighted by molar-refractivity contribution is 8.14. The van der Waals surface area contributed by atoms with E-state index in [2.05, 4.69) is 55.7 Å². The summed E-state index contributed by atoms with van der Waals surface area (Å²) in [5.74, 6) is 0. The quantitative estimate of drug-likeness (QED) is 0.239. The van der Waals surface area contributed by atoms with Crippen LogP contribution in [0.4, 0.5) is 5.69 Å². The number of benzene rings is 3. The van der Waals surface area contributed by atoms with E-state index in [1.165, 1.54) is 10.5 Å². The summed E-state index contributed by atoms with van der Waals surface area (Å²) in [6.07, 6.45) is 0. The average Bonchev–Trinajstić information content (AvgIpc) is 2.69. The van der Waals surface area contributed by atoms with Crippen LogP contribution in [0.3, 0.4) is 0 Å². The molecule has 3 aromatic carbocycles. The van der Waals surface area contributed by atoms with Gasteiger partial charge in [-0.3, -0.25) is 0 Å². The van der Waals surface area contributed by atoms with Gasteiger partial charge in [-0.25, -0.2) is 4.99 Å². The Morgan fingerprint density at radius 2 is 1.52 bits per heavy atom. The molecule has 0 fully saturated rings. The summed E-state index contributed by atoms with van der Waals surface area (Å²) >= 11 is 9.32. The van der Waals surface area contributed by atoms with E-state index in [4.69, 9.17) is 16.6 Å². The van der Waals surface area contributed by atoms with Crippen molar-refractivity contribution in [2.24, 2.45) is 4.99 Å². The molecule has 0 radical (unpaired) electrons. The molecular formula is C23H20ClNS2. The lowest BCUT2D eigenvalue weighted by molar-refractivity contribution is 1.43. The van der Waals surface area contributed by atoms with Crippen molar-refractivity contribution in [3.8, 4) is 0 Å². The maximum absolute atomic E-state index is 5.97. The van der Waals surface area contributed by atoms with Gasteiger partial charge in [-0.05, 0) is 73.4 Å². The first-order valence-corrected chi connectivity index (χ1v) is 10.7. The van der Waals surface area contributed by atoms with Crippen molar-refractivity contribution >= 4 is 45.9 Å². The molecule has 0 atom stereocenters. The molecule has 1 nitrogen and oxygen atoms in total. The van der Waals surface area contributed by atoms with Crippen LogP contribution >= 0.6 is 35.1 Å². The SMILES string of the molecule is CC(=C\Sc1ccc(Cl)cc1)/C(=N/c1ccc(C)cc1)Sc1ccccc1. The lowest BCUT2D eigenvalue weighted by Gasteiger charge is -2.08. The smallest absolute Gasteiger partial charge is 0.105 e. The number of aliphatic imine (C=N–C) groups is 1. The minimum atomic E-state index is 0.751. The third-order valence-corrected chi connectivity index (χ3v) is 6.13. The van der Waals surface area contributed by atoms with Crippen LogP contribution in [0.2, 0.25) is 5.02 Å². The molecule has 0 spiro atoms. The van der Waals surface area contributed by atoms with E-state index in [1.807, 2.05) is 42.5 Å². The molecular weight excluding hydrogens is 390 g/mol. The predicted octanol–water partition coefficient (Wildman–Crippen LogP) is 8.17. The van der Waals surface area contributed by atoms with Gasteiger partial charge >= 0.3 is 0 Å². The summed E-state index contributed by atoms with van der Waals surface area (Å²) in [4.78, 5) is 7.22. The highest BCUT2D eigenvalue weighted by Crippen LogP contribution is 2.29. The lowest BCUT2D eigenvalue weighted by Crippen LogP contribution is -1.94. The zero-order chi connectivity index (χ0) is 19.1. The minimum Gasteiger partial charge on any atom is -0.241 e. The molecule has 0 saturated carbocycles. The van der Waals surface area contributed by atoms with E-state index in [9.17, 15) is 0 Å². The number of nitrogens with zero attached hydrogens (tertiary/aromatic N) is 1. The Kier molecular flexibility index (Phi) is 7.22. The topological polar surface area (TPSA) is 12.4 Å². The second kappa shape index (κ2) is 9.84. The Labute approximate surface area is 174 Å². The molecule has 0 unspecified atom stereocenters. The largest absolute Gasteiger partial charge is 0.241 e. The van der Waals surface area contributed by atoms with Gasteiger partial charge in [0, 0.05) is 14.8 Å². The number of aryl methyl sites for hydroxylation is 1. The summed E-state index contributed by atoms with van der Waals surface area (Å²) in [5.41, 5.74) is 3.32. The summed E-state index contributed by atoms with van der Waals surface area (Å²) in [7, 11) is 0. The van der Waals surface area contributed by atoms with Crippen LogP contribution in [-0.2, 0) is 0 Å². The van der Waals surface area contributed by atoms with E-state index in [0.29, 0.717) is 0 Å². The van der Waals surface area contributed by atoms with E-state index >= 15 is 0 Å². The maximum Gasteiger partial charge on any atom is 0.105 e. The molecule has 0 amide bonds. The normalized spacial score (nSPS) is 12.3. The Balaban J connectivity index is 1.86. The summed E-state index contributed by atoms with van der Waals surface area (Å²) in [6.45, 7) is 4.19. The predicted molar refractivity (Wildman–Crippen MR) is 122 cm³/mol. The van der Waals surface area contributed by atoms with Crippen LogP contribution in [0.1, 0.15) is 12.5 Å². The fraction of sp³-hybridized carbons (Fsp3) is 0.0870. The zero-order valence-corrected chi connectivity index (χ0v) is 17.6. The Morgan fingerprint density at radius 3 is 2.19 bits per heavy atom. The number of hydrogen-bond acceptors (Lipinski definition) is 3. The van der Waals surface area contributed by atoms with Gasteiger partial charge in [0.15, 0.2) is 0 Å². The van der Waals surface area contributed by atoms with Crippen molar-refractivity contribution in [3.05, 3.63) is 100 Å². The first-order valence-electron chi connectivity index (χ1n) is 8.58. The van der Waals surface area contributed by atoms with Crippen LogP contribution < -0.4 is 0 Å². The monoisotopic (exact) mass is 409 g/mol. The number of hydrogen-bond donors (Lipinski definition) is 0. The number of rotatable bonds is 5. The molecule has 0 bridgehead atoms. The van der Waals surface area contributed by atoms with Gasteiger partial charge in [-0.1, -0.05) is 71.0 Å². The third-order valence-electron chi connectivity index (χ3n) is 3.75. The third kappa shape index (κ3) is 6.31. The first kappa shape index (κ1) is 19.8. The Hall–Kier alpha value is -1.94. The van der Waals surface area contributed by atoms with E-state index in [-0.39, 0.29) is 0 Å². The van der Waals surface area contributed by atoms with Crippen LogP contribution in [0.25, 0.3) is 0 Å². The molecule has 0 saturated heterocycles. The number of thioether (sulfide) groups is 2. The van der Waals surface area contributed by atoms with E-state index in [0.717, 1.165) is 26.2 Å². The molecule has 0 N–H and O–H groups in total. The molecule has 3 rings (SSSR count). The molecule has 0 aliphatic carbocycles.